The van der Waals surface area contributed by atoms with Crippen LogP contribution in [0.2, 0.25) is 0 Å². The summed E-state index contributed by atoms with van der Waals surface area (Å²) in [7, 11) is 1.59. The Morgan fingerprint density at radius 1 is 1.02 bits per heavy atom. The number of hydrogen-bond donors (Lipinski definition) is 2. The van der Waals surface area contributed by atoms with Gasteiger partial charge in [-0.3, -0.25) is 9.59 Å². The lowest BCUT2D eigenvalue weighted by atomic mass is 9.98. The molecule has 12 heteroatoms. The van der Waals surface area contributed by atoms with E-state index in [4.69, 9.17) is 5.73 Å². The molecule has 0 radical (unpaired) electrons. The lowest BCUT2D eigenvalue weighted by molar-refractivity contribution is -0.137. The zero-order chi connectivity index (χ0) is 28.8. The molecule has 0 spiro atoms. The number of imidazole rings is 1. The summed E-state index contributed by atoms with van der Waals surface area (Å²) in [4.78, 5) is 29.3. The summed E-state index contributed by atoms with van der Waals surface area (Å²) < 4.78 is 74.6. The maximum Gasteiger partial charge on any atom is 0.417 e. The molecule has 0 saturated heterocycles. The van der Waals surface area contributed by atoms with Crippen LogP contribution in [-0.4, -0.2) is 32.2 Å². The highest BCUT2D eigenvalue weighted by atomic mass is 19.4. The number of carbonyl (C=O) groups is 2. The number of alkyl halides is 3. The lowest BCUT2D eigenvalue weighted by Gasteiger charge is -2.15. The number of benzene rings is 2. The van der Waals surface area contributed by atoms with Gasteiger partial charge in [-0.05, 0) is 48.0 Å². The second kappa shape index (κ2) is 10.0. The third-order valence-corrected chi connectivity index (χ3v) is 6.34. The number of fused-ring (bicyclic) bond motifs is 2. The Labute approximate surface area is 223 Å². The minimum atomic E-state index is -4.68. The number of pyridine rings is 1. The standard InChI is InChI=1S/C28H20F5N5O2/c1-37-14-35-21-12-17(18(13-24(21)37)28(31,32)33)16-4-3-9-38-22(16)6-7-23(38)27(40)15-10-19(29)26(20(30)11-15)36-25(39)5-2-8-34/h2-7,9-14H,8,34H2,1H3,(H,36,39)/b5-2+. The van der Waals surface area contributed by atoms with E-state index in [1.165, 1.54) is 57.9 Å². The number of nitrogens with zero attached hydrogens (tertiary/aromatic N) is 3. The van der Waals surface area contributed by atoms with Crippen molar-refractivity contribution in [2.24, 2.45) is 12.8 Å². The van der Waals surface area contributed by atoms with Crippen molar-refractivity contribution in [1.82, 2.24) is 14.0 Å². The van der Waals surface area contributed by atoms with Crippen molar-refractivity contribution in [3.05, 3.63) is 102 Å². The quantitative estimate of drug-likeness (QED) is 0.166. The number of nitrogens with two attached hydrogens (primary N) is 1. The van der Waals surface area contributed by atoms with E-state index in [-0.39, 0.29) is 34.4 Å². The van der Waals surface area contributed by atoms with Crippen molar-refractivity contribution in [2.75, 3.05) is 11.9 Å². The third-order valence-electron chi connectivity index (χ3n) is 6.34. The van der Waals surface area contributed by atoms with Gasteiger partial charge >= 0.3 is 6.18 Å². The maximum absolute atomic E-state index is 14.7. The molecular weight excluding hydrogens is 533 g/mol. The summed E-state index contributed by atoms with van der Waals surface area (Å²) in [6.45, 7) is 0.0497. The van der Waals surface area contributed by atoms with E-state index in [0.717, 1.165) is 24.3 Å². The van der Waals surface area contributed by atoms with Gasteiger partial charge in [0.2, 0.25) is 11.7 Å². The smallest absolute Gasteiger partial charge is 0.334 e. The normalized spacial score (nSPS) is 12.1. The lowest BCUT2D eigenvalue weighted by Crippen LogP contribution is -2.13. The predicted molar refractivity (Wildman–Crippen MR) is 139 cm³/mol. The van der Waals surface area contributed by atoms with Gasteiger partial charge in [0.1, 0.15) is 17.3 Å². The van der Waals surface area contributed by atoms with Crippen LogP contribution in [0.1, 0.15) is 21.6 Å². The van der Waals surface area contributed by atoms with E-state index in [1.54, 1.807) is 7.05 Å². The molecular formula is C28H20F5N5O2. The van der Waals surface area contributed by atoms with Gasteiger partial charge in [-0.1, -0.05) is 12.1 Å². The Balaban J connectivity index is 1.58. The predicted octanol–water partition coefficient (Wildman–Crippen LogP) is 5.47. The first-order valence-corrected chi connectivity index (χ1v) is 11.8. The number of aryl methyl sites for hydroxylation is 1. The Kier molecular flexibility index (Phi) is 6.72. The van der Waals surface area contributed by atoms with E-state index < -0.39 is 40.8 Å². The highest BCUT2D eigenvalue weighted by Gasteiger charge is 2.35. The fourth-order valence-corrected chi connectivity index (χ4v) is 4.49. The molecule has 3 aromatic heterocycles. The first-order valence-electron chi connectivity index (χ1n) is 11.8. The number of halogens is 5. The molecule has 5 aromatic rings. The number of nitrogens with one attached hydrogen (secondary N) is 1. The van der Waals surface area contributed by atoms with Gasteiger partial charge in [-0.25, -0.2) is 13.8 Å². The molecule has 0 bridgehead atoms. The molecule has 0 aliphatic rings. The zero-order valence-corrected chi connectivity index (χ0v) is 20.8. The molecule has 0 aliphatic carbocycles. The van der Waals surface area contributed by atoms with E-state index in [0.29, 0.717) is 11.0 Å². The Morgan fingerprint density at radius 3 is 2.42 bits per heavy atom. The van der Waals surface area contributed by atoms with Gasteiger partial charge in [0.05, 0.1) is 34.1 Å². The summed E-state index contributed by atoms with van der Waals surface area (Å²) in [5.74, 6) is -3.96. The number of ketones is 1. The first-order chi connectivity index (χ1) is 19.0. The van der Waals surface area contributed by atoms with Crippen molar-refractivity contribution < 1.29 is 31.5 Å². The highest BCUT2D eigenvalue weighted by Crippen LogP contribution is 2.41. The zero-order valence-electron chi connectivity index (χ0n) is 20.8. The SMILES string of the molecule is Cn1cnc2cc(-c3cccn4c(C(=O)c5cc(F)c(NC(=O)/C=C/CN)c(F)c5)ccc34)c(C(F)(F)F)cc21. The maximum atomic E-state index is 14.7. The van der Waals surface area contributed by atoms with Gasteiger partial charge in [0, 0.05) is 37.0 Å². The molecule has 3 heterocycles. The largest absolute Gasteiger partial charge is 0.417 e. The van der Waals surface area contributed by atoms with Crippen molar-refractivity contribution in [3.63, 3.8) is 0 Å². The fourth-order valence-electron chi connectivity index (χ4n) is 4.49. The molecule has 0 aliphatic heterocycles. The Bertz CT molecular complexity index is 1810. The molecule has 204 valence electrons. The van der Waals surface area contributed by atoms with Crippen LogP contribution in [0.25, 0.3) is 27.7 Å². The first kappa shape index (κ1) is 26.8. The average molecular weight is 553 g/mol. The van der Waals surface area contributed by atoms with Gasteiger partial charge in [-0.2, -0.15) is 13.2 Å². The van der Waals surface area contributed by atoms with E-state index in [2.05, 4.69) is 10.3 Å². The molecule has 0 unspecified atom stereocenters. The van der Waals surface area contributed by atoms with Crippen LogP contribution in [-0.2, 0) is 18.0 Å². The number of rotatable bonds is 6. The van der Waals surface area contributed by atoms with Crippen LogP contribution in [0.4, 0.5) is 27.6 Å². The molecule has 7 nitrogen and oxygen atoms in total. The summed E-state index contributed by atoms with van der Waals surface area (Å²) in [5.41, 5.74) is 4.20. The average Bonchev–Trinajstić information content (AvgIpc) is 3.51. The van der Waals surface area contributed by atoms with Crippen molar-refractivity contribution >= 4 is 33.9 Å². The summed E-state index contributed by atoms with van der Waals surface area (Å²) in [6.07, 6.45) is 0.496. The number of aromatic nitrogens is 3. The van der Waals surface area contributed by atoms with Crippen molar-refractivity contribution in [1.29, 1.82) is 0 Å². The topological polar surface area (TPSA) is 94.4 Å². The van der Waals surface area contributed by atoms with Crippen LogP contribution in [0.15, 0.2) is 73.2 Å². The fraction of sp³-hybridized carbons (Fsp3) is 0.107. The van der Waals surface area contributed by atoms with E-state index >= 15 is 0 Å². The number of anilines is 1. The highest BCUT2D eigenvalue weighted by molar-refractivity contribution is 6.09. The van der Waals surface area contributed by atoms with Crippen molar-refractivity contribution in [2.45, 2.75) is 6.18 Å². The van der Waals surface area contributed by atoms with Crippen LogP contribution >= 0.6 is 0 Å². The third kappa shape index (κ3) is 4.73. The summed E-state index contributed by atoms with van der Waals surface area (Å²) in [5, 5.41) is 2.05. The second-order valence-corrected chi connectivity index (χ2v) is 8.91. The van der Waals surface area contributed by atoms with Crippen molar-refractivity contribution in [3.8, 4) is 11.1 Å². The van der Waals surface area contributed by atoms with E-state index in [9.17, 15) is 31.5 Å². The van der Waals surface area contributed by atoms with Gasteiger partial charge in [0.15, 0.2) is 0 Å². The van der Waals surface area contributed by atoms with Gasteiger partial charge in [-0.15, -0.1) is 0 Å². The van der Waals surface area contributed by atoms with Crippen LogP contribution in [0, 0.1) is 11.6 Å². The second-order valence-electron chi connectivity index (χ2n) is 8.91. The molecule has 40 heavy (non-hydrogen) atoms. The molecule has 1 amide bonds. The number of carbonyl (C=O) groups excluding carboxylic acids is 2. The number of amides is 1. The van der Waals surface area contributed by atoms with Crippen LogP contribution in [0.5, 0.6) is 0 Å². The van der Waals surface area contributed by atoms with E-state index in [1.807, 2.05) is 0 Å². The Morgan fingerprint density at radius 2 is 1.75 bits per heavy atom. The molecule has 2 aromatic carbocycles. The number of hydrogen-bond acceptors (Lipinski definition) is 4. The molecule has 0 saturated carbocycles. The minimum Gasteiger partial charge on any atom is -0.334 e. The van der Waals surface area contributed by atoms with Crippen LogP contribution < -0.4 is 11.1 Å². The van der Waals surface area contributed by atoms with Gasteiger partial charge < -0.3 is 20.0 Å². The monoisotopic (exact) mass is 553 g/mol. The summed E-state index contributed by atoms with van der Waals surface area (Å²) in [6, 6.07) is 9.67. The molecule has 3 N–H and O–H groups in total. The molecule has 0 atom stereocenters. The Hall–Kier alpha value is -4.84. The molecule has 5 rings (SSSR count). The molecule has 0 fully saturated rings. The van der Waals surface area contributed by atoms with Crippen LogP contribution in [0.3, 0.4) is 0 Å². The minimum absolute atomic E-state index is 0.0363. The summed E-state index contributed by atoms with van der Waals surface area (Å²) >= 11 is 0. The van der Waals surface area contributed by atoms with Gasteiger partial charge in [0.25, 0.3) is 0 Å².